The van der Waals surface area contributed by atoms with Crippen molar-refractivity contribution in [1.29, 1.82) is 0 Å². The van der Waals surface area contributed by atoms with Gasteiger partial charge in [0.2, 0.25) is 0 Å². The van der Waals surface area contributed by atoms with E-state index in [0.29, 0.717) is 36.8 Å². The number of nitrogens with one attached hydrogen (secondary N) is 1. The van der Waals surface area contributed by atoms with Crippen molar-refractivity contribution in [2.24, 2.45) is 0 Å². The minimum atomic E-state index is -0.850. The molecule has 0 saturated carbocycles. The molecular formula is C24H23FN4O4. The van der Waals surface area contributed by atoms with Gasteiger partial charge in [-0.25, -0.2) is 14.4 Å². The van der Waals surface area contributed by atoms with E-state index < -0.39 is 11.9 Å². The molecule has 1 saturated heterocycles. The number of hydrogen-bond acceptors (Lipinski definition) is 6. The lowest BCUT2D eigenvalue weighted by Gasteiger charge is -2.39. The molecule has 4 rings (SSSR count). The summed E-state index contributed by atoms with van der Waals surface area (Å²) in [6.07, 6.45) is 3.36. The number of hydrogen-bond donors (Lipinski definition) is 2. The maximum atomic E-state index is 13.4. The number of benzene rings is 2. The van der Waals surface area contributed by atoms with E-state index >= 15 is 0 Å². The highest BCUT2D eigenvalue weighted by Gasteiger charge is 2.30. The van der Waals surface area contributed by atoms with E-state index in [2.05, 4.69) is 15.3 Å². The van der Waals surface area contributed by atoms with Gasteiger partial charge in [0.1, 0.15) is 29.2 Å². The van der Waals surface area contributed by atoms with Crippen LogP contribution in [0.5, 0.6) is 5.75 Å². The smallest absolute Gasteiger partial charge is 0.303 e. The third-order valence-corrected chi connectivity index (χ3v) is 5.33. The van der Waals surface area contributed by atoms with E-state index in [9.17, 15) is 14.0 Å². The predicted molar refractivity (Wildman–Crippen MR) is 120 cm³/mol. The van der Waals surface area contributed by atoms with Gasteiger partial charge in [-0.05, 0) is 42.7 Å². The molecule has 0 radical (unpaired) electrons. The number of nitrogens with zero attached hydrogens (tertiary/aromatic N) is 3. The number of anilines is 2. The second-order valence-corrected chi connectivity index (χ2v) is 7.86. The van der Waals surface area contributed by atoms with Crippen molar-refractivity contribution in [2.75, 3.05) is 23.3 Å². The lowest BCUT2D eigenvalue weighted by Crippen LogP contribution is -2.54. The Morgan fingerprint density at radius 2 is 1.91 bits per heavy atom. The number of rotatable bonds is 8. The van der Waals surface area contributed by atoms with Crippen LogP contribution in [0.15, 0.2) is 54.9 Å². The zero-order chi connectivity index (χ0) is 23.4. The summed E-state index contributed by atoms with van der Waals surface area (Å²) in [5.74, 6) is -0.408. The highest BCUT2D eigenvalue weighted by molar-refractivity contribution is 6.02. The molecule has 0 atom stereocenters. The van der Waals surface area contributed by atoms with Crippen LogP contribution in [-0.4, -0.2) is 46.1 Å². The van der Waals surface area contributed by atoms with Gasteiger partial charge >= 0.3 is 5.97 Å². The molecule has 3 aromatic rings. The summed E-state index contributed by atoms with van der Waals surface area (Å²) in [6, 6.07) is 11.5. The van der Waals surface area contributed by atoms with E-state index in [1.807, 2.05) is 11.8 Å². The fraction of sp³-hybridized carbons (Fsp3) is 0.250. The molecule has 1 aliphatic heterocycles. The van der Waals surface area contributed by atoms with Gasteiger partial charge in [-0.1, -0.05) is 18.2 Å². The van der Waals surface area contributed by atoms with Gasteiger partial charge < -0.3 is 20.1 Å². The second-order valence-electron chi connectivity index (χ2n) is 7.86. The molecular weight excluding hydrogens is 427 g/mol. The first kappa shape index (κ1) is 22.2. The molecule has 1 amide bonds. The third kappa shape index (κ3) is 5.62. The summed E-state index contributed by atoms with van der Waals surface area (Å²) in [5, 5.41) is 11.5. The van der Waals surface area contributed by atoms with Gasteiger partial charge in [0.25, 0.3) is 5.91 Å². The fourth-order valence-corrected chi connectivity index (χ4v) is 3.38. The van der Waals surface area contributed by atoms with Gasteiger partial charge in [-0.15, -0.1) is 0 Å². The molecule has 2 N–H and O–H groups in total. The zero-order valence-corrected chi connectivity index (χ0v) is 18.0. The Kier molecular flexibility index (Phi) is 6.48. The van der Waals surface area contributed by atoms with Crippen LogP contribution in [0.3, 0.4) is 0 Å². The Labute approximate surface area is 190 Å². The van der Waals surface area contributed by atoms with Crippen molar-refractivity contribution < 1.29 is 23.8 Å². The number of aliphatic carboxylic acids is 1. The summed E-state index contributed by atoms with van der Waals surface area (Å²) in [5.41, 5.74) is 2.52. The van der Waals surface area contributed by atoms with Crippen molar-refractivity contribution >= 4 is 23.4 Å². The van der Waals surface area contributed by atoms with Gasteiger partial charge in [0.05, 0.1) is 25.5 Å². The van der Waals surface area contributed by atoms with Gasteiger partial charge in [0, 0.05) is 18.2 Å². The quantitative estimate of drug-likeness (QED) is 0.542. The minimum Gasteiger partial charge on any atom is -0.486 e. The number of amides is 1. The lowest BCUT2D eigenvalue weighted by atomic mass is 10.1. The number of carboxylic acid groups (broad SMARTS) is 1. The number of aromatic nitrogens is 2. The minimum absolute atomic E-state index is 0.0575. The predicted octanol–water partition coefficient (Wildman–Crippen LogP) is 3.46. The van der Waals surface area contributed by atoms with Crippen molar-refractivity contribution in [2.45, 2.75) is 25.9 Å². The third-order valence-electron chi connectivity index (χ3n) is 5.33. The number of ether oxygens (including phenoxy) is 1. The average molecular weight is 450 g/mol. The molecule has 170 valence electrons. The molecule has 1 aromatic heterocycles. The zero-order valence-electron chi connectivity index (χ0n) is 18.0. The number of carbonyl (C=O) groups is 2. The summed E-state index contributed by atoms with van der Waals surface area (Å²) in [7, 11) is 0. The van der Waals surface area contributed by atoms with Crippen molar-refractivity contribution in [1.82, 2.24) is 9.97 Å². The maximum absolute atomic E-state index is 13.4. The highest BCUT2D eigenvalue weighted by atomic mass is 19.1. The monoisotopic (exact) mass is 450 g/mol. The standard InChI is InChI=1S/C24H23FN4O4/c1-15-2-6-17(25)10-21(15)33-19-13-29(14-19)22-12-26-20(11-27-22)24(32)28-18-7-3-16(4-8-18)5-9-23(30)31/h2-4,6-8,10-12,19H,5,9,13-14H2,1H3,(H,28,32)(H,30,31). The van der Waals surface area contributed by atoms with E-state index in [1.165, 1.54) is 24.5 Å². The van der Waals surface area contributed by atoms with Crippen molar-refractivity contribution in [3.8, 4) is 5.75 Å². The van der Waals surface area contributed by atoms with Crippen molar-refractivity contribution in [3.63, 3.8) is 0 Å². The first-order valence-electron chi connectivity index (χ1n) is 10.5. The molecule has 9 heteroatoms. The summed E-state index contributed by atoms with van der Waals surface area (Å²) < 4.78 is 19.3. The molecule has 0 aliphatic carbocycles. The van der Waals surface area contributed by atoms with Crippen LogP contribution in [0, 0.1) is 12.7 Å². The van der Waals surface area contributed by atoms with Crippen LogP contribution in [0.25, 0.3) is 0 Å². The Hall–Kier alpha value is -4.01. The van der Waals surface area contributed by atoms with Crippen LogP contribution >= 0.6 is 0 Å². The average Bonchev–Trinajstić information content (AvgIpc) is 2.78. The molecule has 33 heavy (non-hydrogen) atoms. The number of carboxylic acids is 1. The van der Waals surface area contributed by atoms with E-state index in [4.69, 9.17) is 9.84 Å². The molecule has 0 unspecified atom stereocenters. The van der Waals surface area contributed by atoms with Crippen LogP contribution in [0.1, 0.15) is 28.0 Å². The topological polar surface area (TPSA) is 105 Å². The van der Waals surface area contributed by atoms with E-state index in [1.54, 1.807) is 30.3 Å². The van der Waals surface area contributed by atoms with Crippen LogP contribution < -0.4 is 15.0 Å². The normalized spacial score (nSPS) is 13.3. The summed E-state index contributed by atoms with van der Waals surface area (Å²) in [4.78, 5) is 33.6. The lowest BCUT2D eigenvalue weighted by molar-refractivity contribution is -0.136. The molecule has 0 spiro atoms. The summed E-state index contributed by atoms with van der Waals surface area (Å²) >= 11 is 0. The Morgan fingerprint density at radius 1 is 1.15 bits per heavy atom. The summed E-state index contributed by atoms with van der Waals surface area (Å²) in [6.45, 7) is 3.04. The van der Waals surface area contributed by atoms with E-state index in [0.717, 1.165) is 11.1 Å². The van der Waals surface area contributed by atoms with Crippen LogP contribution in [0.2, 0.25) is 0 Å². The largest absolute Gasteiger partial charge is 0.486 e. The van der Waals surface area contributed by atoms with Gasteiger partial charge in [-0.3, -0.25) is 9.59 Å². The highest BCUT2D eigenvalue weighted by Crippen LogP contribution is 2.25. The molecule has 2 heterocycles. The Morgan fingerprint density at radius 3 is 2.58 bits per heavy atom. The van der Waals surface area contributed by atoms with Crippen LogP contribution in [-0.2, 0) is 11.2 Å². The van der Waals surface area contributed by atoms with Gasteiger partial charge in [0.15, 0.2) is 0 Å². The fourth-order valence-electron chi connectivity index (χ4n) is 3.38. The molecule has 1 aliphatic rings. The second kappa shape index (κ2) is 9.64. The molecule has 8 nitrogen and oxygen atoms in total. The number of halogens is 1. The van der Waals surface area contributed by atoms with E-state index in [-0.39, 0.29) is 24.0 Å². The SMILES string of the molecule is Cc1ccc(F)cc1OC1CN(c2cnc(C(=O)Nc3ccc(CCC(=O)O)cc3)cn2)C1. The van der Waals surface area contributed by atoms with Crippen molar-refractivity contribution in [3.05, 3.63) is 77.5 Å². The van der Waals surface area contributed by atoms with Crippen LogP contribution in [0.4, 0.5) is 15.9 Å². The Bertz CT molecular complexity index is 1150. The molecule has 0 bridgehead atoms. The first-order valence-corrected chi connectivity index (χ1v) is 10.5. The Balaban J connectivity index is 1.28. The van der Waals surface area contributed by atoms with Gasteiger partial charge in [-0.2, -0.15) is 0 Å². The molecule has 2 aromatic carbocycles. The number of aryl methyl sites for hydroxylation is 2. The maximum Gasteiger partial charge on any atom is 0.303 e. The number of carbonyl (C=O) groups excluding carboxylic acids is 1. The molecule has 1 fully saturated rings. The first-order chi connectivity index (χ1) is 15.9.